The topological polar surface area (TPSA) is 109 Å². The fourth-order valence-electron chi connectivity index (χ4n) is 6.03. The fourth-order valence-corrected chi connectivity index (χ4v) is 6.24. The summed E-state index contributed by atoms with van der Waals surface area (Å²) >= 11 is 6.21. The van der Waals surface area contributed by atoms with Crippen LogP contribution in [0.2, 0.25) is 5.02 Å². The third kappa shape index (κ3) is 6.32. The molecule has 4 heterocycles. The molecule has 2 aromatic carbocycles. The maximum Gasteiger partial charge on any atom is 0.258 e. The predicted molar refractivity (Wildman–Crippen MR) is 157 cm³/mol. The summed E-state index contributed by atoms with van der Waals surface area (Å²) in [5.74, 6) is -0.0614. The number of aromatic nitrogens is 2. The molecular formula is C31H36ClN5O5. The molecule has 3 aromatic rings. The number of piperazine rings is 1. The summed E-state index contributed by atoms with van der Waals surface area (Å²) in [6.45, 7) is 2.45. The van der Waals surface area contributed by atoms with Crippen molar-refractivity contribution in [2.75, 3.05) is 32.8 Å². The zero-order chi connectivity index (χ0) is 29.2. The van der Waals surface area contributed by atoms with E-state index < -0.39 is 18.2 Å². The van der Waals surface area contributed by atoms with Crippen molar-refractivity contribution in [3.05, 3.63) is 71.0 Å². The molecule has 0 saturated carbocycles. The summed E-state index contributed by atoms with van der Waals surface area (Å²) < 4.78 is 14.2. The Balaban J connectivity index is 1.32. The van der Waals surface area contributed by atoms with Crippen LogP contribution in [0.5, 0.6) is 5.75 Å². The van der Waals surface area contributed by atoms with Gasteiger partial charge in [-0.2, -0.15) is 5.10 Å². The van der Waals surface area contributed by atoms with E-state index in [1.807, 2.05) is 49.6 Å². The summed E-state index contributed by atoms with van der Waals surface area (Å²) in [5, 5.41) is 18.5. The predicted octanol–water partition coefficient (Wildman–Crippen LogP) is 2.87. The van der Waals surface area contributed by atoms with Gasteiger partial charge in [0.25, 0.3) is 5.91 Å². The molecule has 0 aliphatic carbocycles. The highest BCUT2D eigenvalue weighted by Crippen LogP contribution is 2.31. The van der Waals surface area contributed by atoms with Crippen LogP contribution in [0.3, 0.4) is 0 Å². The molecule has 6 rings (SSSR count). The number of aryl methyl sites for hydroxylation is 1. The van der Waals surface area contributed by atoms with Gasteiger partial charge in [0.15, 0.2) is 0 Å². The average Bonchev–Trinajstić information content (AvgIpc) is 3.42. The highest BCUT2D eigenvalue weighted by molar-refractivity contribution is 6.30. The second-order valence-corrected chi connectivity index (χ2v) is 11.8. The Morgan fingerprint density at radius 2 is 1.98 bits per heavy atom. The first kappa shape index (κ1) is 28.7. The SMILES string of the molecule is Cn1cc(-c2ccc3c(c2)OCC[C@@H]2CC[C@H](O)[C@@H](CNC(=O)[C@@H]4CN(Cc5cccc(Cl)c5)CCN4C3=O)O2)cn1. The number of amides is 2. The minimum absolute atomic E-state index is 0.113. The summed E-state index contributed by atoms with van der Waals surface area (Å²) in [6.07, 6.45) is 4.28. The Kier molecular flexibility index (Phi) is 8.48. The van der Waals surface area contributed by atoms with Gasteiger partial charge in [0, 0.05) is 63.0 Å². The maximum atomic E-state index is 14.1. The maximum absolute atomic E-state index is 14.1. The van der Waals surface area contributed by atoms with Crippen LogP contribution >= 0.6 is 11.6 Å². The molecule has 3 aliphatic heterocycles. The number of halogens is 1. The van der Waals surface area contributed by atoms with E-state index in [4.69, 9.17) is 21.1 Å². The van der Waals surface area contributed by atoms with Gasteiger partial charge in [-0.1, -0.05) is 29.8 Å². The second-order valence-electron chi connectivity index (χ2n) is 11.3. The Morgan fingerprint density at radius 1 is 1.10 bits per heavy atom. The lowest BCUT2D eigenvalue weighted by molar-refractivity contribution is -0.135. The molecule has 3 aliphatic rings. The number of rotatable bonds is 3. The van der Waals surface area contributed by atoms with E-state index in [9.17, 15) is 14.7 Å². The van der Waals surface area contributed by atoms with E-state index >= 15 is 0 Å². The summed E-state index contributed by atoms with van der Waals surface area (Å²) in [5.41, 5.74) is 3.25. The molecule has 0 unspecified atom stereocenters. The highest BCUT2D eigenvalue weighted by Gasteiger charge is 2.38. The molecule has 2 saturated heterocycles. The van der Waals surface area contributed by atoms with Crippen LogP contribution in [0.15, 0.2) is 54.9 Å². The van der Waals surface area contributed by atoms with Gasteiger partial charge in [0.2, 0.25) is 5.91 Å². The number of ether oxygens (including phenoxy) is 2. The normalized spacial score (nSPS) is 25.5. The van der Waals surface area contributed by atoms with Crippen LogP contribution in [-0.4, -0.2) is 93.6 Å². The van der Waals surface area contributed by atoms with Gasteiger partial charge in [0.05, 0.1) is 30.6 Å². The molecule has 2 bridgehead atoms. The lowest BCUT2D eigenvalue weighted by Crippen LogP contribution is -2.61. The van der Waals surface area contributed by atoms with Crippen molar-refractivity contribution in [3.8, 4) is 16.9 Å². The first-order valence-corrected chi connectivity index (χ1v) is 14.9. The summed E-state index contributed by atoms with van der Waals surface area (Å²) in [4.78, 5) is 31.7. The number of nitrogens with one attached hydrogen (secondary N) is 1. The van der Waals surface area contributed by atoms with Gasteiger partial charge in [-0.25, -0.2) is 0 Å². The summed E-state index contributed by atoms with van der Waals surface area (Å²) in [7, 11) is 1.86. The first-order chi connectivity index (χ1) is 20.3. The van der Waals surface area contributed by atoms with Crippen LogP contribution in [0.4, 0.5) is 0 Å². The van der Waals surface area contributed by atoms with E-state index in [0.29, 0.717) is 68.4 Å². The number of nitrogens with zero attached hydrogens (tertiary/aromatic N) is 4. The Bertz CT molecular complexity index is 1450. The standard InChI is InChI=1S/C31H36ClN5O5/c1-35-18-22(15-34-35)21-5-7-25-28(14-21)41-12-9-24-6-8-27(38)29(42-24)16-33-30(39)26-19-36(10-11-37(26)31(25)40)17-20-3-2-4-23(32)13-20/h2-5,7,13-15,18,24,26-27,29,38H,6,8-12,16-17,19H2,1H3,(H,33,39)/t24-,26-,27-,29+/m0/s1. The number of carbonyl (C=O) groups is 2. The molecule has 222 valence electrons. The van der Waals surface area contributed by atoms with Gasteiger partial charge in [0.1, 0.15) is 17.9 Å². The van der Waals surface area contributed by atoms with Crippen molar-refractivity contribution in [3.63, 3.8) is 0 Å². The Labute approximate surface area is 250 Å². The lowest BCUT2D eigenvalue weighted by atomic mass is 9.98. The number of carbonyl (C=O) groups excluding carboxylic acids is 2. The quantitative estimate of drug-likeness (QED) is 0.481. The van der Waals surface area contributed by atoms with E-state index in [-0.39, 0.29) is 24.5 Å². The van der Waals surface area contributed by atoms with E-state index in [1.165, 1.54) is 0 Å². The minimum Gasteiger partial charge on any atom is -0.493 e. The van der Waals surface area contributed by atoms with Crippen molar-refractivity contribution in [2.45, 2.75) is 50.2 Å². The number of fused-ring (bicyclic) bond motifs is 4. The van der Waals surface area contributed by atoms with Crippen molar-refractivity contribution >= 4 is 23.4 Å². The Morgan fingerprint density at radius 3 is 2.79 bits per heavy atom. The van der Waals surface area contributed by atoms with Crippen LogP contribution in [-0.2, 0) is 23.1 Å². The van der Waals surface area contributed by atoms with Crippen LogP contribution in [0, 0.1) is 0 Å². The molecule has 4 atom stereocenters. The molecule has 10 nitrogen and oxygen atoms in total. The van der Waals surface area contributed by atoms with E-state index in [1.54, 1.807) is 21.8 Å². The van der Waals surface area contributed by atoms with Gasteiger partial charge >= 0.3 is 0 Å². The van der Waals surface area contributed by atoms with Crippen LogP contribution in [0.25, 0.3) is 11.1 Å². The van der Waals surface area contributed by atoms with Crippen molar-refractivity contribution in [1.82, 2.24) is 24.9 Å². The smallest absolute Gasteiger partial charge is 0.258 e. The summed E-state index contributed by atoms with van der Waals surface area (Å²) in [6, 6.07) is 12.5. The van der Waals surface area contributed by atoms with Crippen LogP contribution in [0.1, 0.15) is 35.2 Å². The van der Waals surface area contributed by atoms with Crippen molar-refractivity contribution < 1.29 is 24.2 Å². The largest absolute Gasteiger partial charge is 0.493 e. The third-order valence-electron chi connectivity index (χ3n) is 8.33. The molecule has 0 radical (unpaired) electrons. The van der Waals surface area contributed by atoms with E-state index in [0.717, 1.165) is 16.7 Å². The van der Waals surface area contributed by atoms with Gasteiger partial charge in [-0.05, 0) is 48.2 Å². The number of hydrogen-bond acceptors (Lipinski definition) is 7. The number of hydrogen-bond donors (Lipinski definition) is 2. The Hall–Kier alpha value is -3.44. The number of aliphatic hydroxyl groups excluding tert-OH is 1. The third-order valence-corrected chi connectivity index (χ3v) is 8.56. The second kappa shape index (κ2) is 12.4. The monoisotopic (exact) mass is 593 g/mol. The fraction of sp³-hybridized carbons (Fsp3) is 0.452. The highest BCUT2D eigenvalue weighted by atomic mass is 35.5. The molecule has 42 heavy (non-hydrogen) atoms. The lowest BCUT2D eigenvalue weighted by Gasteiger charge is -2.41. The molecule has 2 amide bonds. The van der Waals surface area contributed by atoms with Gasteiger partial charge in [-0.15, -0.1) is 0 Å². The zero-order valence-electron chi connectivity index (χ0n) is 23.6. The molecule has 0 spiro atoms. The number of aliphatic hydroxyl groups is 1. The molecule has 11 heteroatoms. The van der Waals surface area contributed by atoms with Crippen molar-refractivity contribution in [1.29, 1.82) is 0 Å². The van der Waals surface area contributed by atoms with E-state index in [2.05, 4.69) is 15.3 Å². The van der Waals surface area contributed by atoms with Gasteiger partial charge in [-0.3, -0.25) is 19.2 Å². The van der Waals surface area contributed by atoms with Crippen molar-refractivity contribution in [2.24, 2.45) is 7.05 Å². The molecular weight excluding hydrogens is 558 g/mol. The molecule has 2 N–H and O–H groups in total. The van der Waals surface area contributed by atoms with Crippen LogP contribution < -0.4 is 10.1 Å². The number of benzene rings is 2. The average molecular weight is 594 g/mol. The molecule has 1 aromatic heterocycles. The van der Waals surface area contributed by atoms with Gasteiger partial charge < -0.3 is 24.8 Å². The minimum atomic E-state index is -0.740. The first-order valence-electron chi connectivity index (χ1n) is 14.5. The molecule has 2 fully saturated rings. The zero-order valence-corrected chi connectivity index (χ0v) is 24.4.